The molecule has 0 unspecified atom stereocenters. The Morgan fingerprint density at radius 1 is 1.11 bits per heavy atom. The average molecular weight is 395 g/mol. The zero-order valence-corrected chi connectivity index (χ0v) is 15.9. The number of nitrogens with one attached hydrogen (secondary N) is 1. The minimum absolute atomic E-state index is 0.231. The van der Waals surface area contributed by atoms with Crippen molar-refractivity contribution in [3.63, 3.8) is 0 Å². The molecular weight excluding hydrogens is 371 g/mol. The van der Waals surface area contributed by atoms with Crippen LogP contribution in [0.3, 0.4) is 0 Å². The lowest BCUT2D eigenvalue weighted by Crippen LogP contribution is -2.17. The quantitative estimate of drug-likeness (QED) is 0.556. The number of hydrogen-bond acceptors (Lipinski definition) is 3. The largest absolute Gasteiger partial charge is 0.494 e. The Kier molecular flexibility index (Phi) is 7.87. The second-order valence-electron chi connectivity index (χ2n) is 6.16. The Labute approximate surface area is 162 Å². The van der Waals surface area contributed by atoms with Crippen molar-refractivity contribution in [3.8, 4) is 5.75 Å². The fourth-order valence-electron chi connectivity index (χ4n) is 2.59. The number of rotatable bonds is 9. The lowest BCUT2D eigenvalue weighted by atomic mass is 10.1. The lowest BCUT2D eigenvalue weighted by Gasteiger charge is -2.15. The number of amides is 1. The Morgan fingerprint density at radius 2 is 1.86 bits per heavy atom. The zero-order chi connectivity index (χ0) is 20.6. The summed E-state index contributed by atoms with van der Waals surface area (Å²) in [5.41, 5.74) is -0.267. The summed E-state index contributed by atoms with van der Waals surface area (Å²) in [7, 11) is 0. The third kappa shape index (κ3) is 5.99. The van der Waals surface area contributed by atoms with Crippen LogP contribution >= 0.6 is 0 Å². The third-order valence-electron chi connectivity index (χ3n) is 4.00. The number of ether oxygens (including phenoxy) is 2. The van der Waals surface area contributed by atoms with Gasteiger partial charge in [-0.05, 0) is 43.7 Å². The molecule has 152 valence electrons. The molecule has 4 nitrogen and oxygen atoms in total. The van der Waals surface area contributed by atoms with Crippen molar-refractivity contribution in [3.05, 3.63) is 59.2 Å². The first kappa shape index (κ1) is 21.8. The summed E-state index contributed by atoms with van der Waals surface area (Å²) in [6, 6.07) is 9.61. The summed E-state index contributed by atoms with van der Waals surface area (Å²) in [4.78, 5) is 12.5. The summed E-state index contributed by atoms with van der Waals surface area (Å²) in [6.07, 6.45) is -2.64. The van der Waals surface area contributed by atoms with Crippen molar-refractivity contribution in [2.75, 3.05) is 18.5 Å². The molecule has 1 amide bonds. The van der Waals surface area contributed by atoms with Gasteiger partial charge >= 0.3 is 6.18 Å². The van der Waals surface area contributed by atoms with E-state index in [0.717, 1.165) is 18.9 Å². The molecule has 2 rings (SSSR count). The van der Waals surface area contributed by atoms with Gasteiger partial charge in [0.2, 0.25) is 0 Å². The van der Waals surface area contributed by atoms with Crippen molar-refractivity contribution in [1.82, 2.24) is 0 Å². The van der Waals surface area contributed by atoms with Crippen molar-refractivity contribution in [2.24, 2.45) is 0 Å². The van der Waals surface area contributed by atoms with E-state index in [1.165, 1.54) is 24.3 Å². The number of anilines is 1. The van der Waals surface area contributed by atoms with Crippen molar-refractivity contribution < 1.29 is 27.4 Å². The smallest absolute Gasteiger partial charge is 0.418 e. The van der Waals surface area contributed by atoms with E-state index >= 15 is 0 Å². The molecule has 0 atom stereocenters. The van der Waals surface area contributed by atoms with Gasteiger partial charge in [0.05, 0.1) is 24.5 Å². The first-order chi connectivity index (χ1) is 13.4. The van der Waals surface area contributed by atoms with E-state index in [1.54, 1.807) is 12.1 Å². The van der Waals surface area contributed by atoms with Crippen molar-refractivity contribution >= 4 is 11.6 Å². The number of alkyl halides is 3. The molecule has 0 aliphatic carbocycles. The van der Waals surface area contributed by atoms with Crippen LogP contribution in [0.5, 0.6) is 5.75 Å². The molecule has 0 saturated heterocycles. The molecule has 0 aliphatic heterocycles. The van der Waals surface area contributed by atoms with E-state index in [-0.39, 0.29) is 17.9 Å². The van der Waals surface area contributed by atoms with E-state index in [9.17, 15) is 18.0 Å². The topological polar surface area (TPSA) is 47.6 Å². The van der Waals surface area contributed by atoms with E-state index in [4.69, 9.17) is 9.47 Å². The van der Waals surface area contributed by atoms with E-state index in [1.807, 2.05) is 6.92 Å². The molecule has 0 radical (unpaired) electrons. The lowest BCUT2D eigenvalue weighted by molar-refractivity contribution is -0.136. The first-order valence-corrected chi connectivity index (χ1v) is 9.17. The SMILES string of the molecule is CCCCOCc1cc(C(=O)Nc2ccccc2C(F)(F)F)ccc1OCC. The maximum Gasteiger partial charge on any atom is 0.418 e. The zero-order valence-electron chi connectivity index (χ0n) is 15.9. The molecule has 28 heavy (non-hydrogen) atoms. The summed E-state index contributed by atoms with van der Waals surface area (Å²) >= 11 is 0. The van der Waals surface area contributed by atoms with Gasteiger partial charge in [0, 0.05) is 17.7 Å². The predicted octanol–water partition coefficient (Wildman–Crippen LogP) is 5.67. The van der Waals surface area contributed by atoms with E-state index in [2.05, 4.69) is 12.2 Å². The van der Waals surface area contributed by atoms with Crippen LogP contribution in [-0.2, 0) is 17.5 Å². The van der Waals surface area contributed by atoms with Gasteiger partial charge in [0.1, 0.15) is 5.75 Å². The highest BCUT2D eigenvalue weighted by molar-refractivity contribution is 6.05. The van der Waals surface area contributed by atoms with Gasteiger partial charge in [-0.25, -0.2) is 0 Å². The highest BCUT2D eigenvalue weighted by Gasteiger charge is 2.33. The molecule has 1 N–H and O–H groups in total. The van der Waals surface area contributed by atoms with Gasteiger partial charge in [-0.15, -0.1) is 0 Å². The molecular formula is C21H24F3NO3. The molecule has 7 heteroatoms. The fourth-order valence-corrected chi connectivity index (χ4v) is 2.59. The molecule has 0 heterocycles. The number of benzene rings is 2. The molecule has 0 fully saturated rings. The fraction of sp³-hybridized carbons (Fsp3) is 0.381. The summed E-state index contributed by atoms with van der Waals surface area (Å²) in [6.45, 7) is 5.19. The minimum Gasteiger partial charge on any atom is -0.494 e. The van der Waals surface area contributed by atoms with Crippen molar-refractivity contribution in [1.29, 1.82) is 0 Å². The van der Waals surface area contributed by atoms with Crippen LogP contribution in [0.2, 0.25) is 0 Å². The van der Waals surface area contributed by atoms with E-state index < -0.39 is 17.6 Å². The Balaban J connectivity index is 2.21. The molecule has 0 bridgehead atoms. The maximum atomic E-state index is 13.1. The molecule has 0 spiro atoms. The van der Waals surface area contributed by atoms with Gasteiger partial charge in [0.15, 0.2) is 0 Å². The van der Waals surface area contributed by atoms with Gasteiger partial charge in [0.25, 0.3) is 5.91 Å². The number of para-hydroxylation sites is 1. The number of carbonyl (C=O) groups excluding carboxylic acids is 1. The molecule has 0 aliphatic rings. The molecule has 2 aromatic rings. The highest BCUT2D eigenvalue weighted by Crippen LogP contribution is 2.34. The van der Waals surface area contributed by atoms with Gasteiger partial charge in [-0.2, -0.15) is 13.2 Å². The number of carbonyl (C=O) groups is 1. The molecule has 0 aromatic heterocycles. The Hall–Kier alpha value is -2.54. The monoisotopic (exact) mass is 395 g/mol. The summed E-state index contributed by atoms with van der Waals surface area (Å²) in [5, 5.41) is 2.35. The van der Waals surface area contributed by atoms with Gasteiger partial charge < -0.3 is 14.8 Å². The summed E-state index contributed by atoms with van der Waals surface area (Å²) in [5.74, 6) is -0.0409. The number of unbranched alkanes of at least 4 members (excludes halogenated alkanes) is 1. The van der Waals surface area contributed by atoms with Crippen molar-refractivity contribution in [2.45, 2.75) is 39.5 Å². The predicted molar refractivity (Wildman–Crippen MR) is 102 cm³/mol. The van der Waals surface area contributed by atoms with Crippen LogP contribution in [0.25, 0.3) is 0 Å². The first-order valence-electron chi connectivity index (χ1n) is 9.17. The standard InChI is InChI=1S/C21H24F3NO3/c1-3-5-12-27-14-16-13-15(10-11-19(16)28-4-2)20(26)25-18-9-7-6-8-17(18)21(22,23)24/h6-11,13H,3-5,12,14H2,1-2H3,(H,25,26). The van der Waals surface area contributed by atoms with Crippen LogP contribution < -0.4 is 10.1 Å². The van der Waals surface area contributed by atoms with Gasteiger partial charge in [-0.3, -0.25) is 4.79 Å². The van der Waals surface area contributed by atoms with Crippen LogP contribution in [0.1, 0.15) is 48.2 Å². The molecule has 2 aromatic carbocycles. The highest BCUT2D eigenvalue weighted by atomic mass is 19.4. The Bertz CT molecular complexity index is 791. The Morgan fingerprint density at radius 3 is 2.54 bits per heavy atom. The summed E-state index contributed by atoms with van der Waals surface area (Å²) < 4.78 is 50.5. The normalized spacial score (nSPS) is 11.3. The minimum atomic E-state index is -4.55. The maximum absolute atomic E-state index is 13.1. The van der Waals surface area contributed by atoms with Crippen LogP contribution in [0.15, 0.2) is 42.5 Å². The van der Waals surface area contributed by atoms with Crippen LogP contribution in [0, 0.1) is 0 Å². The van der Waals surface area contributed by atoms with Crippen LogP contribution in [-0.4, -0.2) is 19.1 Å². The van der Waals surface area contributed by atoms with Crippen LogP contribution in [0.4, 0.5) is 18.9 Å². The number of halogens is 3. The second-order valence-corrected chi connectivity index (χ2v) is 6.16. The number of hydrogen-bond donors (Lipinski definition) is 1. The van der Waals surface area contributed by atoms with Gasteiger partial charge in [-0.1, -0.05) is 25.5 Å². The second kappa shape index (κ2) is 10.1. The third-order valence-corrected chi connectivity index (χ3v) is 4.00. The molecule has 0 saturated carbocycles. The average Bonchev–Trinajstić information content (AvgIpc) is 2.66. The van der Waals surface area contributed by atoms with E-state index in [0.29, 0.717) is 24.5 Å².